The van der Waals surface area contributed by atoms with E-state index >= 15 is 0 Å². The molecule has 0 amide bonds. The smallest absolute Gasteiger partial charge is 0.337 e. The van der Waals surface area contributed by atoms with Crippen molar-refractivity contribution in [2.24, 2.45) is 0 Å². The van der Waals surface area contributed by atoms with Gasteiger partial charge < -0.3 is 9.47 Å². The highest BCUT2D eigenvalue weighted by Crippen LogP contribution is 2.38. The number of esters is 1. The summed E-state index contributed by atoms with van der Waals surface area (Å²) < 4.78 is 37.1. The van der Waals surface area contributed by atoms with E-state index in [-0.39, 0.29) is 27.2 Å². The maximum atomic E-state index is 13.2. The van der Waals surface area contributed by atoms with E-state index in [9.17, 15) is 13.2 Å². The molecule has 6 nitrogen and oxygen atoms in total. The van der Waals surface area contributed by atoms with E-state index in [0.29, 0.717) is 11.3 Å². The molecule has 27 heavy (non-hydrogen) atoms. The average molecular weight is 430 g/mol. The van der Waals surface area contributed by atoms with Crippen molar-refractivity contribution in [2.75, 3.05) is 25.1 Å². The molecule has 0 atom stereocenters. The second-order valence-corrected chi connectivity index (χ2v) is 7.84. The third kappa shape index (κ3) is 4.21. The molecule has 144 valence electrons. The number of sulfonamides is 1. The van der Waals surface area contributed by atoms with Crippen molar-refractivity contribution in [3.63, 3.8) is 0 Å². The quantitative estimate of drug-likeness (QED) is 0.487. The summed E-state index contributed by atoms with van der Waals surface area (Å²) in [4.78, 5) is 11.4. The molecule has 0 unspecified atom stereocenters. The molecule has 0 heterocycles. The molecular weight excluding hydrogens is 413 g/mol. The number of nitrogens with zero attached hydrogens (tertiary/aromatic N) is 1. The zero-order valence-corrected chi connectivity index (χ0v) is 16.9. The lowest BCUT2D eigenvalue weighted by Crippen LogP contribution is -2.31. The van der Waals surface area contributed by atoms with Crippen LogP contribution in [0.2, 0.25) is 10.0 Å². The summed E-state index contributed by atoms with van der Waals surface area (Å²) in [6, 6.07) is 8.66. The number of hydrogen-bond acceptors (Lipinski definition) is 5. The van der Waals surface area contributed by atoms with Gasteiger partial charge in [0.2, 0.25) is 0 Å². The van der Waals surface area contributed by atoms with Crippen molar-refractivity contribution in [3.05, 3.63) is 64.7 Å². The Morgan fingerprint density at radius 3 is 2.26 bits per heavy atom. The van der Waals surface area contributed by atoms with E-state index in [1.165, 1.54) is 56.7 Å². The third-order valence-corrected chi connectivity index (χ3v) is 6.48. The van der Waals surface area contributed by atoms with Crippen molar-refractivity contribution in [3.8, 4) is 5.75 Å². The van der Waals surface area contributed by atoms with Crippen LogP contribution in [0.15, 0.2) is 53.9 Å². The Hall–Kier alpha value is -2.22. The molecule has 0 fully saturated rings. The van der Waals surface area contributed by atoms with E-state index in [0.717, 1.165) is 4.31 Å². The van der Waals surface area contributed by atoms with Gasteiger partial charge in [0.15, 0.2) is 0 Å². The lowest BCUT2D eigenvalue weighted by molar-refractivity contribution is 0.0600. The molecule has 0 spiro atoms. The zero-order chi connectivity index (χ0) is 20.2. The zero-order valence-electron chi connectivity index (χ0n) is 14.6. The molecule has 0 N–H and O–H groups in total. The van der Waals surface area contributed by atoms with Gasteiger partial charge in [0, 0.05) is 0 Å². The van der Waals surface area contributed by atoms with Crippen LogP contribution in [0, 0.1) is 0 Å². The molecule has 0 aliphatic rings. The Morgan fingerprint density at radius 1 is 1.11 bits per heavy atom. The van der Waals surface area contributed by atoms with Crippen LogP contribution >= 0.6 is 23.2 Å². The number of rotatable bonds is 7. The number of hydrogen-bond donors (Lipinski definition) is 0. The second-order valence-electron chi connectivity index (χ2n) is 5.26. The van der Waals surface area contributed by atoms with Gasteiger partial charge in [0.25, 0.3) is 10.0 Å². The van der Waals surface area contributed by atoms with Crippen molar-refractivity contribution < 1.29 is 22.7 Å². The highest BCUT2D eigenvalue weighted by Gasteiger charge is 2.28. The number of ether oxygens (including phenoxy) is 2. The van der Waals surface area contributed by atoms with E-state index in [2.05, 4.69) is 11.3 Å². The van der Waals surface area contributed by atoms with E-state index in [1.807, 2.05) is 0 Å². The van der Waals surface area contributed by atoms with E-state index in [4.69, 9.17) is 27.9 Å². The van der Waals surface area contributed by atoms with Crippen molar-refractivity contribution in [1.29, 1.82) is 0 Å². The Balaban J connectivity index is 2.54. The molecule has 9 heteroatoms. The van der Waals surface area contributed by atoms with Gasteiger partial charge in [-0.05, 0) is 36.4 Å². The Kier molecular flexibility index (Phi) is 6.75. The van der Waals surface area contributed by atoms with Crippen LogP contribution in [0.4, 0.5) is 5.69 Å². The standard InChI is InChI=1S/C18H17Cl2NO5S/c1-4-11-21(13-7-5-12(6-8-13)18(22)26-3)27(23,24)15-10-9-14(25-2)16(19)17(15)20/h4-10H,1,11H2,2-3H3. The van der Waals surface area contributed by atoms with Crippen LogP contribution in [0.1, 0.15) is 10.4 Å². The molecule has 0 bridgehead atoms. The fourth-order valence-corrected chi connectivity index (χ4v) is 4.58. The van der Waals surface area contributed by atoms with E-state index in [1.54, 1.807) is 0 Å². The Bertz CT molecular complexity index is 958. The van der Waals surface area contributed by atoms with E-state index < -0.39 is 16.0 Å². The lowest BCUT2D eigenvalue weighted by Gasteiger charge is -2.24. The van der Waals surface area contributed by atoms with Gasteiger partial charge in [0.05, 0.1) is 37.0 Å². The molecule has 0 aliphatic carbocycles. The van der Waals surface area contributed by atoms with Crippen LogP contribution in [0.5, 0.6) is 5.75 Å². The third-order valence-electron chi connectivity index (χ3n) is 3.67. The minimum Gasteiger partial charge on any atom is -0.495 e. The average Bonchev–Trinajstić information content (AvgIpc) is 2.67. The largest absolute Gasteiger partial charge is 0.495 e. The molecule has 2 aromatic carbocycles. The van der Waals surface area contributed by atoms with Crippen molar-refractivity contribution in [1.82, 2.24) is 0 Å². The normalized spacial score (nSPS) is 11.0. The molecule has 0 aliphatic heterocycles. The van der Waals surface area contributed by atoms with Gasteiger partial charge in [-0.25, -0.2) is 13.2 Å². The first-order chi connectivity index (χ1) is 12.8. The molecule has 0 aromatic heterocycles. The topological polar surface area (TPSA) is 72.9 Å². The molecule has 0 radical (unpaired) electrons. The predicted molar refractivity (Wildman–Crippen MR) is 106 cm³/mol. The number of carbonyl (C=O) groups excluding carboxylic acids is 1. The van der Waals surface area contributed by atoms with Crippen molar-refractivity contribution in [2.45, 2.75) is 4.90 Å². The van der Waals surface area contributed by atoms with Gasteiger partial charge in [0.1, 0.15) is 15.7 Å². The summed E-state index contributed by atoms with van der Waals surface area (Å²) in [7, 11) is -1.39. The highest BCUT2D eigenvalue weighted by atomic mass is 35.5. The lowest BCUT2D eigenvalue weighted by atomic mass is 10.2. The summed E-state index contributed by atoms with van der Waals surface area (Å²) in [5, 5.41) is -0.143. The fraction of sp³-hybridized carbons (Fsp3) is 0.167. The number of benzene rings is 2. The second kappa shape index (κ2) is 8.65. The number of carbonyl (C=O) groups is 1. The summed E-state index contributed by atoms with van der Waals surface area (Å²) in [5.41, 5.74) is 0.619. The molecule has 0 saturated carbocycles. The van der Waals surface area contributed by atoms with Gasteiger partial charge in [-0.15, -0.1) is 6.58 Å². The molecule has 2 rings (SSSR count). The van der Waals surface area contributed by atoms with Crippen LogP contribution in [0.25, 0.3) is 0 Å². The van der Waals surface area contributed by atoms with Crippen LogP contribution in [-0.2, 0) is 14.8 Å². The summed E-state index contributed by atoms with van der Waals surface area (Å²) >= 11 is 12.3. The Labute approximate surface area is 168 Å². The van der Waals surface area contributed by atoms with Gasteiger partial charge in [-0.3, -0.25) is 4.31 Å². The maximum absolute atomic E-state index is 13.2. The summed E-state index contributed by atoms with van der Waals surface area (Å²) in [5.74, 6) is -0.261. The Morgan fingerprint density at radius 2 is 1.74 bits per heavy atom. The number of methoxy groups -OCH3 is 2. The van der Waals surface area contributed by atoms with Gasteiger partial charge in [-0.1, -0.05) is 29.3 Å². The minimum atomic E-state index is -4.06. The SMILES string of the molecule is C=CCN(c1ccc(C(=O)OC)cc1)S(=O)(=O)c1ccc(OC)c(Cl)c1Cl. The van der Waals surface area contributed by atoms with Crippen LogP contribution in [-0.4, -0.2) is 35.2 Å². The number of halogens is 2. The van der Waals surface area contributed by atoms with Gasteiger partial charge in [-0.2, -0.15) is 0 Å². The summed E-state index contributed by atoms with van der Waals surface area (Å²) in [6.07, 6.45) is 1.44. The fourth-order valence-electron chi connectivity index (χ4n) is 2.33. The van der Waals surface area contributed by atoms with Crippen LogP contribution in [0.3, 0.4) is 0 Å². The molecule has 2 aromatic rings. The first kappa shape index (κ1) is 21.1. The van der Waals surface area contributed by atoms with Gasteiger partial charge >= 0.3 is 5.97 Å². The molecular formula is C18H17Cl2NO5S. The molecule has 0 saturated heterocycles. The van der Waals surface area contributed by atoms with Crippen LogP contribution < -0.4 is 9.04 Å². The summed E-state index contributed by atoms with van der Waals surface area (Å²) in [6.45, 7) is 3.59. The highest BCUT2D eigenvalue weighted by molar-refractivity contribution is 7.93. The minimum absolute atomic E-state index is 0.000154. The van der Waals surface area contributed by atoms with Crippen molar-refractivity contribution >= 4 is 44.9 Å². The number of anilines is 1. The maximum Gasteiger partial charge on any atom is 0.337 e. The monoisotopic (exact) mass is 429 g/mol. The first-order valence-corrected chi connectivity index (χ1v) is 9.81. The predicted octanol–water partition coefficient (Wildman–Crippen LogP) is 4.17. The first-order valence-electron chi connectivity index (χ1n) is 7.62.